The largest absolute Gasteiger partial charge is 0.352 e. The predicted octanol–water partition coefficient (Wildman–Crippen LogP) is 0.570. The standard InChI is InChI=1S/C17H24N4O3/c1-11(2)9-12(10-18)19-15(22)7-8-21-14-6-4-3-5-13(14)16(23)20-17(21)24/h3-6,11-12H,7-10,18H2,1-2H3,(H,19,22)(H,20,23,24). The van der Waals surface area contributed by atoms with Crippen molar-refractivity contribution < 1.29 is 4.79 Å². The average Bonchev–Trinajstić information content (AvgIpc) is 2.53. The number of nitrogens with two attached hydrogens (primary N) is 1. The third-order valence-corrected chi connectivity index (χ3v) is 3.87. The van der Waals surface area contributed by atoms with Crippen molar-refractivity contribution >= 4 is 16.8 Å². The van der Waals surface area contributed by atoms with Crippen molar-refractivity contribution in [3.8, 4) is 0 Å². The molecule has 2 aromatic rings. The molecular formula is C17H24N4O3. The number of aromatic amines is 1. The van der Waals surface area contributed by atoms with Gasteiger partial charge in [-0.3, -0.25) is 19.1 Å². The number of aryl methyl sites for hydroxylation is 1. The van der Waals surface area contributed by atoms with Crippen LogP contribution in [0.3, 0.4) is 0 Å². The van der Waals surface area contributed by atoms with Gasteiger partial charge in [0.2, 0.25) is 5.91 Å². The molecule has 0 aliphatic rings. The van der Waals surface area contributed by atoms with Crippen LogP contribution in [0.4, 0.5) is 0 Å². The Kier molecular flexibility index (Phi) is 5.92. The van der Waals surface area contributed by atoms with Gasteiger partial charge in [-0.05, 0) is 24.5 Å². The Morgan fingerprint density at radius 1 is 1.29 bits per heavy atom. The summed E-state index contributed by atoms with van der Waals surface area (Å²) in [6.07, 6.45) is 0.953. The van der Waals surface area contributed by atoms with E-state index in [4.69, 9.17) is 5.73 Å². The number of benzene rings is 1. The summed E-state index contributed by atoms with van der Waals surface area (Å²) in [4.78, 5) is 38.3. The SMILES string of the molecule is CC(C)CC(CN)NC(=O)CCn1c(=O)[nH]c(=O)c2ccccc21. The third kappa shape index (κ3) is 4.32. The monoisotopic (exact) mass is 332 g/mol. The van der Waals surface area contributed by atoms with E-state index >= 15 is 0 Å². The van der Waals surface area contributed by atoms with Crippen molar-refractivity contribution in [2.75, 3.05) is 6.54 Å². The Hall–Kier alpha value is -2.41. The Morgan fingerprint density at radius 3 is 2.67 bits per heavy atom. The molecule has 1 aromatic heterocycles. The number of hydrogen-bond acceptors (Lipinski definition) is 4. The first-order valence-corrected chi connectivity index (χ1v) is 8.13. The fourth-order valence-electron chi connectivity index (χ4n) is 2.76. The Bertz CT molecular complexity index is 822. The maximum absolute atomic E-state index is 12.1. The molecular weight excluding hydrogens is 308 g/mol. The predicted molar refractivity (Wildman–Crippen MR) is 93.9 cm³/mol. The number of rotatable bonds is 7. The molecule has 0 fully saturated rings. The van der Waals surface area contributed by atoms with Crippen LogP contribution in [0.1, 0.15) is 26.7 Å². The summed E-state index contributed by atoms with van der Waals surface area (Å²) in [5.41, 5.74) is 5.28. The fourth-order valence-corrected chi connectivity index (χ4v) is 2.76. The van der Waals surface area contributed by atoms with E-state index in [1.807, 2.05) is 0 Å². The van der Waals surface area contributed by atoms with Crippen LogP contribution in [0.2, 0.25) is 0 Å². The minimum Gasteiger partial charge on any atom is -0.352 e. The van der Waals surface area contributed by atoms with E-state index in [9.17, 15) is 14.4 Å². The highest BCUT2D eigenvalue weighted by atomic mass is 16.2. The van der Waals surface area contributed by atoms with Crippen LogP contribution >= 0.6 is 0 Å². The number of H-pyrrole nitrogens is 1. The molecule has 2 rings (SSSR count). The van der Waals surface area contributed by atoms with Crippen molar-refractivity contribution in [1.29, 1.82) is 0 Å². The lowest BCUT2D eigenvalue weighted by Gasteiger charge is -2.19. The van der Waals surface area contributed by atoms with Gasteiger partial charge in [-0.15, -0.1) is 0 Å². The third-order valence-electron chi connectivity index (χ3n) is 3.87. The van der Waals surface area contributed by atoms with Gasteiger partial charge < -0.3 is 11.1 Å². The topological polar surface area (TPSA) is 110 Å². The van der Waals surface area contributed by atoms with E-state index < -0.39 is 11.2 Å². The second kappa shape index (κ2) is 7.92. The number of para-hydroxylation sites is 1. The van der Waals surface area contributed by atoms with Gasteiger partial charge in [0.25, 0.3) is 5.56 Å². The Balaban J connectivity index is 2.12. The molecule has 1 unspecified atom stereocenters. The molecule has 1 aromatic carbocycles. The number of amides is 1. The number of carbonyl (C=O) groups is 1. The molecule has 130 valence electrons. The highest BCUT2D eigenvalue weighted by molar-refractivity contribution is 5.79. The number of hydrogen-bond donors (Lipinski definition) is 3. The summed E-state index contributed by atoms with van der Waals surface area (Å²) in [6, 6.07) is 6.77. The molecule has 0 radical (unpaired) electrons. The minimum atomic E-state index is -0.510. The molecule has 0 aliphatic heterocycles. The molecule has 7 heteroatoms. The molecule has 0 saturated heterocycles. The molecule has 7 nitrogen and oxygen atoms in total. The zero-order valence-corrected chi connectivity index (χ0v) is 14.0. The van der Waals surface area contributed by atoms with Gasteiger partial charge in [-0.1, -0.05) is 26.0 Å². The van der Waals surface area contributed by atoms with Gasteiger partial charge in [0, 0.05) is 25.6 Å². The molecule has 0 bridgehead atoms. The van der Waals surface area contributed by atoms with Gasteiger partial charge >= 0.3 is 5.69 Å². The molecule has 0 saturated carbocycles. The highest BCUT2D eigenvalue weighted by Crippen LogP contribution is 2.07. The smallest absolute Gasteiger partial charge is 0.328 e. The lowest BCUT2D eigenvalue weighted by Crippen LogP contribution is -2.41. The number of fused-ring (bicyclic) bond motifs is 1. The van der Waals surface area contributed by atoms with Crippen molar-refractivity contribution in [3.63, 3.8) is 0 Å². The fraction of sp³-hybridized carbons (Fsp3) is 0.471. The van der Waals surface area contributed by atoms with Crippen LogP contribution in [0.15, 0.2) is 33.9 Å². The normalized spacial score (nSPS) is 12.5. The van der Waals surface area contributed by atoms with Crippen LogP contribution in [0.25, 0.3) is 10.9 Å². The van der Waals surface area contributed by atoms with Gasteiger partial charge in [0.15, 0.2) is 0 Å². The lowest BCUT2D eigenvalue weighted by atomic mass is 10.0. The maximum Gasteiger partial charge on any atom is 0.328 e. The molecule has 0 spiro atoms. The van der Waals surface area contributed by atoms with E-state index in [2.05, 4.69) is 24.1 Å². The summed E-state index contributed by atoms with van der Waals surface area (Å²) in [5, 5.41) is 3.32. The van der Waals surface area contributed by atoms with E-state index in [1.165, 1.54) is 4.57 Å². The van der Waals surface area contributed by atoms with E-state index in [1.54, 1.807) is 24.3 Å². The van der Waals surface area contributed by atoms with Crippen molar-refractivity contribution in [1.82, 2.24) is 14.9 Å². The lowest BCUT2D eigenvalue weighted by molar-refractivity contribution is -0.122. The molecule has 1 atom stereocenters. The van der Waals surface area contributed by atoms with Crippen LogP contribution < -0.4 is 22.3 Å². The number of carbonyl (C=O) groups excluding carboxylic acids is 1. The van der Waals surface area contributed by atoms with Gasteiger partial charge in [0.1, 0.15) is 0 Å². The minimum absolute atomic E-state index is 0.0680. The summed E-state index contributed by atoms with van der Waals surface area (Å²) in [6.45, 7) is 4.72. The zero-order chi connectivity index (χ0) is 17.7. The summed E-state index contributed by atoms with van der Waals surface area (Å²) >= 11 is 0. The van der Waals surface area contributed by atoms with E-state index in [0.29, 0.717) is 23.4 Å². The molecule has 1 heterocycles. The van der Waals surface area contributed by atoms with Gasteiger partial charge in [-0.2, -0.15) is 0 Å². The Labute approximate surface area is 139 Å². The average molecular weight is 332 g/mol. The number of aromatic nitrogens is 2. The summed E-state index contributed by atoms with van der Waals surface area (Å²) in [5.74, 6) is 0.276. The first kappa shape index (κ1) is 17.9. The van der Waals surface area contributed by atoms with Crippen molar-refractivity contribution in [2.24, 2.45) is 11.7 Å². The summed E-state index contributed by atoms with van der Waals surface area (Å²) in [7, 11) is 0. The van der Waals surface area contributed by atoms with Crippen LogP contribution in [-0.4, -0.2) is 28.0 Å². The maximum atomic E-state index is 12.1. The zero-order valence-electron chi connectivity index (χ0n) is 14.0. The molecule has 1 amide bonds. The molecule has 4 N–H and O–H groups in total. The number of nitrogens with one attached hydrogen (secondary N) is 2. The summed E-state index contributed by atoms with van der Waals surface area (Å²) < 4.78 is 1.41. The van der Waals surface area contributed by atoms with Gasteiger partial charge in [0.05, 0.1) is 10.9 Å². The first-order valence-electron chi connectivity index (χ1n) is 8.13. The molecule has 0 aliphatic carbocycles. The molecule has 24 heavy (non-hydrogen) atoms. The second-order valence-corrected chi connectivity index (χ2v) is 6.31. The number of nitrogens with zero attached hydrogens (tertiary/aromatic N) is 1. The van der Waals surface area contributed by atoms with E-state index in [0.717, 1.165) is 6.42 Å². The van der Waals surface area contributed by atoms with Crippen molar-refractivity contribution in [3.05, 3.63) is 45.1 Å². The Morgan fingerprint density at radius 2 is 2.00 bits per heavy atom. The first-order chi connectivity index (χ1) is 11.4. The quantitative estimate of drug-likeness (QED) is 0.688. The van der Waals surface area contributed by atoms with Gasteiger partial charge in [-0.25, -0.2) is 4.79 Å². The second-order valence-electron chi connectivity index (χ2n) is 6.31. The highest BCUT2D eigenvalue weighted by Gasteiger charge is 2.13. The van der Waals surface area contributed by atoms with Crippen molar-refractivity contribution in [2.45, 2.75) is 39.3 Å². The van der Waals surface area contributed by atoms with E-state index in [-0.39, 0.29) is 24.9 Å². The van der Waals surface area contributed by atoms with Crippen LogP contribution in [-0.2, 0) is 11.3 Å². The van der Waals surface area contributed by atoms with Crippen LogP contribution in [0, 0.1) is 5.92 Å². The van der Waals surface area contributed by atoms with Crippen LogP contribution in [0.5, 0.6) is 0 Å².